The zero-order valence-electron chi connectivity index (χ0n) is 12.3. The van der Waals surface area contributed by atoms with Gasteiger partial charge in [0.05, 0.1) is 5.75 Å². The number of rotatable bonds is 6. The summed E-state index contributed by atoms with van der Waals surface area (Å²) in [6, 6.07) is 6.00. The van der Waals surface area contributed by atoms with Gasteiger partial charge in [-0.05, 0) is 12.1 Å². The van der Waals surface area contributed by atoms with Crippen LogP contribution in [0.25, 0.3) is 11.3 Å². The number of nitrogens with two attached hydrogens (primary N) is 1. The van der Waals surface area contributed by atoms with E-state index >= 15 is 0 Å². The molecule has 0 saturated carbocycles. The van der Waals surface area contributed by atoms with Gasteiger partial charge in [-0.1, -0.05) is 29.1 Å². The normalized spacial score (nSPS) is 10.7. The molecule has 3 aromatic rings. The number of carbonyl (C=O) groups excluding carboxylic acids is 1. The summed E-state index contributed by atoms with van der Waals surface area (Å²) < 4.78 is 18.3. The highest BCUT2D eigenvalue weighted by Crippen LogP contribution is 2.22. The summed E-state index contributed by atoms with van der Waals surface area (Å²) in [7, 11) is 0. The number of nitrogens with zero attached hydrogens (tertiary/aromatic N) is 3. The molecular formula is C14H13FN6O2S. The maximum atomic E-state index is 13.3. The number of amides is 1. The highest BCUT2D eigenvalue weighted by molar-refractivity contribution is 7.99. The predicted octanol–water partition coefficient (Wildman–Crippen LogP) is 1.59. The number of nitrogen functional groups attached to an aromatic ring is 1. The first kappa shape index (κ1) is 16.0. The lowest BCUT2D eigenvalue weighted by Gasteiger charge is -2.04. The van der Waals surface area contributed by atoms with Crippen molar-refractivity contribution >= 4 is 23.6 Å². The Morgan fingerprint density at radius 1 is 1.46 bits per heavy atom. The van der Waals surface area contributed by atoms with E-state index in [1.165, 1.54) is 18.4 Å². The SMILES string of the molecule is Nc1nc(SCC(=O)NCc2conc2-c2cccc(F)c2)n[nH]1. The van der Waals surface area contributed by atoms with E-state index in [0.29, 0.717) is 22.0 Å². The summed E-state index contributed by atoms with van der Waals surface area (Å²) in [5, 5.41) is 13.3. The van der Waals surface area contributed by atoms with E-state index in [4.69, 9.17) is 10.3 Å². The second-order valence-electron chi connectivity index (χ2n) is 4.77. The van der Waals surface area contributed by atoms with Gasteiger partial charge in [-0.25, -0.2) is 9.49 Å². The van der Waals surface area contributed by atoms with Gasteiger partial charge < -0.3 is 15.6 Å². The molecule has 0 atom stereocenters. The van der Waals surface area contributed by atoms with Gasteiger partial charge in [-0.3, -0.25) is 4.79 Å². The van der Waals surface area contributed by atoms with Crippen molar-refractivity contribution in [1.29, 1.82) is 0 Å². The van der Waals surface area contributed by atoms with E-state index in [2.05, 4.69) is 25.7 Å². The summed E-state index contributed by atoms with van der Waals surface area (Å²) in [6.45, 7) is 0.213. The van der Waals surface area contributed by atoms with Crippen molar-refractivity contribution in [2.75, 3.05) is 11.5 Å². The van der Waals surface area contributed by atoms with E-state index in [9.17, 15) is 9.18 Å². The van der Waals surface area contributed by atoms with E-state index in [1.54, 1.807) is 12.1 Å². The molecule has 0 fully saturated rings. The van der Waals surface area contributed by atoms with Crippen LogP contribution in [-0.4, -0.2) is 32.0 Å². The van der Waals surface area contributed by atoms with Crippen molar-refractivity contribution in [3.05, 3.63) is 41.9 Å². The molecule has 0 aliphatic rings. The van der Waals surface area contributed by atoms with E-state index < -0.39 is 0 Å². The van der Waals surface area contributed by atoms with Gasteiger partial charge in [0.15, 0.2) is 0 Å². The van der Waals surface area contributed by atoms with Crippen LogP contribution in [0.1, 0.15) is 5.56 Å². The van der Waals surface area contributed by atoms with E-state index in [1.807, 2.05) is 0 Å². The largest absolute Gasteiger partial charge is 0.368 e. The quantitative estimate of drug-likeness (QED) is 0.578. The fraction of sp³-hybridized carbons (Fsp3) is 0.143. The van der Waals surface area contributed by atoms with Crippen LogP contribution >= 0.6 is 11.8 Å². The minimum absolute atomic E-state index is 0.137. The average Bonchev–Trinajstić information content (AvgIpc) is 3.19. The minimum atomic E-state index is -0.368. The summed E-state index contributed by atoms with van der Waals surface area (Å²) in [4.78, 5) is 15.8. The monoisotopic (exact) mass is 348 g/mol. The molecule has 1 amide bonds. The van der Waals surface area contributed by atoms with Gasteiger partial charge in [0, 0.05) is 17.7 Å². The lowest BCUT2D eigenvalue weighted by Crippen LogP contribution is -2.24. The number of aromatic nitrogens is 4. The molecule has 0 spiro atoms. The Balaban J connectivity index is 1.57. The minimum Gasteiger partial charge on any atom is -0.368 e. The molecule has 124 valence electrons. The number of anilines is 1. The summed E-state index contributed by atoms with van der Waals surface area (Å²) in [5.74, 6) is -0.248. The first-order valence-corrected chi connectivity index (χ1v) is 7.87. The van der Waals surface area contributed by atoms with Crippen molar-refractivity contribution in [2.45, 2.75) is 11.7 Å². The van der Waals surface area contributed by atoms with Crippen LogP contribution in [0.2, 0.25) is 0 Å². The van der Waals surface area contributed by atoms with Gasteiger partial charge in [-0.15, -0.1) is 5.10 Å². The van der Waals surface area contributed by atoms with Crippen molar-refractivity contribution in [2.24, 2.45) is 0 Å². The second-order valence-corrected chi connectivity index (χ2v) is 5.71. The summed E-state index contributed by atoms with van der Waals surface area (Å²) in [5.41, 5.74) is 7.13. The van der Waals surface area contributed by atoms with Crippen molar-refractivity contribution in [3.8, 4) is 11.3 Å². The zero-order chi connectivity index (χ0) is 16.9. The van der Waals surface area contributed by atoms with Gasteiger partial charge in [0.1, 0.15) is 17.8 Å². The van der Waals surface area contributed by atoms with Gasteiger partial charge >= 0.3 is 0 Å². The third-order valence-corrected chi connectivity index (χ3v) is 3.88. The molecule has 3 rings (SSSR count). The predicted molar refractivity (Wildman–Crippen MR) is 85.3 cm³/mol. The molecule has 8 nitrogen and oxygen atoms in total. The molecule has 24 heavy (non-hydrogen) atoms. The molecule has 0 aliphatic carbocycles. The molecule has 0 bridgehead atoms. The van der Waals surface area contributed by atoms with E-state index in [0.717, 1.165) is 11.8 Å². The Morgan fingerprint density at radius 3 is 3.08 bits per heavy atom. The smallest absolute Gasteiger partial charge is 0.230 e. The Bertz CT molecular complexity index is 849. The van der Waals surface area contributed by atoms with Gasteiger partial charge in [0.2, 0.25) is 17.0 Å². The molecular weight excluding hydrogens is 335 g/mol. The van der Waals surface area contributed by atoms with Crippen molar-refractivity contribution < 1.29 is 13.7 Å². The third-order valence-electron chi connectivity index (χ3n) is 3.03. The molecule has 0 aliphatic heterocycles. The van der Waals surface area contributed by atoms with Crippen LogP contribution in [0.5, 0.6) is 0 Å². The highest BCUT2D eigenvalue weighted by atomic mass is 32.2. The summed E-state index contributed by atoms with van der Waals surface area (Å²) in [6.07, 6.45) is 1.42. The van der Waals surface area contributed by atoms with Crippen molar-refractivity contribution in [3.63, 3.8) is 0 Å². The Morgan fingerprint density at radius 2 is 2.33 bits per heavy atom. The second kappa shape index (κ2) is 7.13. The molecule has 0 saturated heterocycles. The Labute approximate surface area is 140 Å². The molecule has 10 heteroatoms. The number of hydrogen-bond donors (Lipinski definition) is 3. The maximum absolute atomic E-state index is 13.3. The van der Waals surface area contributed by atoms with Crippen LogP contribution in [0.4, 0.5) is 10.3 Å². The van der Waals surface area contributed by atoms with Gasteiger partial charge in [0.25, 0.3) is 0 Å². The van der Waals surface area contributed by atoms with Crippen LogP contribution in [0, 0.1) is 5.82 Å². The fourth-order valence-electron chi connectivity index (χ4n) is 1.95. The van der Waals surface area contributed by atoms with Crippen LogP contribution < -0.4 is 11.1 Å². The number of halogens is 1. The van der Waals surface area contributed by atoms with Crippen LogP contribution in [0.3, 0.4) is 0 Å². The lowest BCUT2D eigenvalue weighted by atomic mass is 10.1. The number of benzene rings is 1. The van der Waals surface area contributed by atoms with E-state index in [-0.39, 0.29) is 30.0 Å². The Kier molecular flexibility index (Phi) is 4.75. The number of hydrogen-bond acceptors (Lipinski definition) is 7. The third kappa shape index (κ3) is 3.90. The first-order valence-electron chi connectivity index (χ1n) is 6.88. The number of carbonyl (C=O) groups is 1. The average molecular weight is 348 g/mol. The number of thioether (sulfide) groups is 1. The lowest BCUT2D eigenvalue weighted by molar-refractivity contribution is -0.118. The maximum Gasteiger partial charge on any atom is 0.230 e. The topological polar surface area (TPSA) is 123 Å². The molecule has 1 aromatic carbocycles. The number of nitrogens with one attached hydrogen (secondary N) is 2. The standard InChI is InChI=1S/C14H13FN6O2S/c15-10-3-1-2-8(4-10)12-9(6-23-21-12)5-17-11(22)7-24-14-18-13(16)19-20-14/h1-4,6H,5,7H2,(H,17,22)(H3,16,18,19,20). The van der Waals surface area contributed by atoms with Crippen LogP contribution in [0.15, 0.2) is 40.2 Å². The highest BCUT2D eigenvalue weighted by Gasteiger charge is 2.13. The molecule has 2 heterocycles. The molecule has 0 radical (unpaired) electrons. The van der Waals surface area contributed by atoms with Crippen molar-refractivity contribution in [1.82, 2.24) is 25.7 Å². The molecule has 2 aromatic heterocycles. The molecule has 0 unspecified atom stereocenters. The van der Waals surface area contributed by atoms with Gasteiger partial charge in [-0.2, -0.15) is 4.98 Å². The zero-order valence-corrected chi connectivity index (χ0v) is 13.1. The van der Waals surface area contributed by atoms with Crippen LogP contribution in [-0.2, 0) is 11.3 Å². The molecule has 4 N–H and O–H groups in total. The number of aromatic amines is 1. The summed E-state index contributed by atoms with van der Waals surface area (Å²) >= 11 is 1.15. The number of H-pyrrole nitrogens is 1. The first-order chi connectivity index (χ1) is 11.6. The fourth-order valence-corrected chi connectivity index (χ4v) is 2.59. The Hall–Kier alpha value is -2.88.